The summed E-state index contributed by atoms with van der Waals surface area (Å²) in [6.45, 7) is 5.71. The number of carbonyl (C=O) groups is 3. The minimum absolute atomic E-state index is 0.0741. The Kier molecular flexibility index (Phi) is 8.86. The standard InChI is InChI=1S/C31H39N7O6/c1-21-24(10-11-25(35-21)43-4)27(28(40)33-14-22-6-8-23(42-3)9-7-22)37-16-30(2)15-36(17-31(30,18-37)29(41)44-5)26(39)12-13-38-20-32-19-34-38/h6-11,19-20,27H,12-18H2,1-5H3,(H,33,40)/t27?,30-,31+/m1/s1. The number of fused-ring (bicyclic) bond motifs is 1. The predicted molar refractivity (Wildman–Crippen MR) is 158 cm³/mol. The molecule has 2 saturated heterocycles. The minimum atomic E-state index is -1.02. The highest BCUT2D eigenvalue weighted by Crippen LogP contribution is 2.54. The first-order valence-corrected chi connectivity index (χ1v) is 14.5. The van der Waals surface area contributed by atoms with Crippen molar-refractivity contribution in [2.75, 3.05) is 47.5 Å². The second kappa shape index (κ2) is 12.6. The fourth-order valence-electron chi connectivity index (χ4n) is 6.57. The number of pyridine rings is 1. The van der Waals surface area contributed by atoms with Crippen LogP contribution in [0.1, 0.15) is 36.2 Å². The number of aryl methyl sites for hydroxylation is 2. The molecule has 4 heterocycles. The number of nitrogens with one attached hydrogen (secondary N) is 1. The van der Waals surface area contributed by atoms with Gasteiger partial charge in [-0.2, -0.15) is 5.10 Å². The van der Waals surface area contributed by atoms with Crippen molar-refractivity contribution >= 4 is 17.8 Å². The summed E-state index contributed by atoms with van der Waals surface area (Å²) in [6.07, 6.45) is 3.22. The molecule has 13 nitrogen and oxygen atoms in total. The van der Waals surface area contributed by atoms with Gasteiger partial charge in [0.2, 0.25) is 17.7 Å². The number of carbonyl (C=O) groups excluding carboxylic acids is 3. The van der Waals surface area contributed by atoms with Crippen LogP contribution in [0.4, 0.5) is 0 Å². The van der Waals surface area contributed by atoms with E-state index in [-0.39, 0.29) is 31.3 Å². The van der Waals surface area contributed by atoms with E-state index in [1.54, 1.807) is 36.2 Å². The molecule has 0 aliphatic carbocycles. The third-order valence-electron chi connectivity index (χ3n) is 8.98. The molecule has 2 amide bonds. The third-order valence-corrected chi connectivity index (χ3v) is 8.98. The highest BCUT2D eigenvalue weighted by Gasteiger charge is 2.67. The first-order valence-electron chi connectivity index (χ1n) is 14.5. The van der Waals surface area contributed by atoms with Crippen LogP contribution in [-0.2, 0) is 32.2 Å². The van der Waals surface area contributed by atoms with Crippen molar-refractivity contribution in [3.8, 4) is 11.6 Å². The van der Waals surface area contributed by atoms with Crippen molar-refractivity contribution in [1.82, 2.24) is 34.9 Å². The number of hydrogen-bond acceptors (Lipinski definition) is 10. The number of esters is 1. The zero-order valence-electron chi connectivity index (χ0n) is 25.8. The Labute approximate surface area is 256 Å². The lowest BCUT2D eigenvalue weighted by Crippen LogP contribution is -2.46. The van der Waals surface area contributed by atoms with E-state index in [4.69, 9.17) is 14.2 Å². The van der Waals surface area contributed by atoms with E-state index in [1.807, 2.05) is 49.1 Å². The molecule has 2 aromatic heterocycles. The highest BCUT2D eigenvalue weighted by molar-refractivity contribution is 5.86. The number of hydrogen-bond donors (Lipinski definition) is 1. The van der Waals surface area contributed by atoms with E-state index in [1.165, 1.54) is 13.4 Å². The van der Waals surface area contributed by atoms with Crippen LogP contribution in [0.3, 0.4) is 0 Å². The van der Waals surface area contributed by atoms with E-state index in [9.17, 15) is 14.4 Å². The van der Waals surface area contributed by atoms with Gasteiger partial charge in [-0.05, 0) is 30.7 Å². The van der Waals surface area contributed by atoms with Crippen LogP contribution in [0, 0.1) is 17.8 Å². The first-order chi connectivity index (χ1) is 21.1. The summed E-state index contributed by atoms with van der Waals surface area (Å²) >= 11 is 0. The van der Waals surface area contributed by atoms with E-state index >= 15 is 0 Å². The van der Waals surface area contributed by atoms with Crippen molar-refractivity contribution in [3.05, 3.63) is 65.9 Å². The molecule has 3 atom stereocenters. The lowest BCUT2D eigenvalue weighted by atomic mass is 9.69. The largest absolute Gasteiger partial charge is 0.497 e. The molecule has 1 N–H and O–H groups in total. The number of ether oxygens (including phenoxy) is 3. The monoisotopic (exact) mass is 605 g/mol. The fourth-order valence-corrected chi connectivity index (χ4v) is 6.57. The van der Waals surface area contributed by atoms with Crippen molar-refractivity contribution in [2.45, 2.75) is 39.4 Å². The van der Waals surface area contributed by atoms with Crippen molar-refractivity contribution in [2.24, 2.45) is 10.8 Å². The maximum absolute atomic E-state index is 14.0. The maximum Gasteiger partial charge on any atom is 0.315 e. The molecule has 5 rings (SSSR count). The topological polar surface area (TPSA) is 141 Å². The van der Waals surface area contributed by atoms with Crippen molar-refractivity contribution in [3.63, 3.8) is 0 Å². The van der Waals surface area contributed by atoms with Gasteiger partial charge in [0.15, 0.2) is 0 Å². The first kappa shape index (κ1) is 30.9. The van der Waals surface area contributed by atoms with Gasteiger partial charge in [-0.15, -0.1) is 0 Å². The third kappa shape index (κ3) is 5.83. The van der Waals surface area contributed by atoms with Gasteiger partial charge in [0.05, 0.1) is 27.9 Å². The molecule has 2 fully saturated rings. The van der Waals surface area contributed by atoms with Crippen LogP contribution in [0.25, 0.3) is 0 Å². The van der Waals surface area contributed by atoms with Crippen molar-refractivity contribution < 1.29 is 28.6 Å². The van der Waals surface area contributed by atoms with Gasteiger partial charge in [0, 0.05) is 61.9 Å². The summed E-state index contributed by atoms with van der Waals surface area (Å²) in [7, 11) is 4.52. The molecule has 1 aromatic carbocycles. The molecule has 0 bridgehead atoms. The summed E-state index contributed by atoms with van der Waals surface area (Å²) in [6, 6.07) is 10.3. The predicted octanol–water partition coefficient (Wildman–Crippen LogP) is 1.77. The van der Waals surface area contributed by atoms with Gasteiger partial charge >= 0.3 is 5.97 Å². The molecule has 13 heteroatoms. The Hall–Kier alpha value is -4.52. The van der Waals surface area contributed by atoms with Gasteiger partial charge in [-0.1, -0.05) is 19.1 Å². The average Bonchev–Trinajstić information content (AvgIpc) is 3.72. The van der Waals surface area contributed by atoms with Crippen LogP contribution in [0.15, 0.2) is 49.1 Å². The molecule has 0 radical (unpaired) electrons. The van der Waals surface area contributed by atoms with E-state index in [0.29, 0.717) is 43.3 Å². The summed E-state index contributed by atoms with van der Waals surface area (Å²) in [5.74, 6) is 0.486. The summed E-state index contributed by atoms with van der Waals surface area (Å²) in [4.78, 5) is 53.1. The molecular formula is C31H39N7O6. The Balaban J connectivity index is 1.41. The zero-order valence-corrected chi connectivity index (χ0v) is 25.8. The Morgan fingerprint density at radius 3 is 2.41 bits per heavy atom. The summed E-state index contributed by atoms with van der Waals surface area (Å²) in [5, 5.41) is 7.16. The van der Waals surface area contributed by atoms with Crippen LogP contribution in [0.5, 0.6) is 11.6 Å². The lowest BCUT2D eigenvalue weighted by molar-refractivity contribution is -0.155. The molecule has 1 unspecified atom stereocenters. The number of rotatable bonds is 11. The van der Waals surface area contributed by atoms with E-state index in [0.717, 1.165) is 11.3 Å². The Morgan fingerprint density at radius 2 is 1.77 bits per heavy atom. The van der Waals surface area contributed by atoms with Gasteiger partial charge in [0.25, 0.3) is 0 Å². The molecular weight excluding hydrogens is 566 g/mol. The Bertz CT molecular complexity index is 1500. The number of amides is 2. The molecule has 234 valence electrons. The fraction of sp³-hybridized carbons (Fsp3) is 0.484. The van der Waals surface area contributed by atoms with Crippen LogP contribution in [-0.4, -0.2) is 94.8 Å². The second-order valence-corrected chi connectivity index (χ2v) is 11.7. The van der Waals surface area contributed by atoms with Crippen LogP contribution < -0.4 is 14.8 Å². The smallest absolute Gasteiger partial charge is 0.315 e. The number of methoxy groups -OCH3 is 3. The number of benzene rings is 1. The summed E-state index contributed by atoms with van der Waals surface area (Å²) < 4.78 is 17.5. The SMILES string of the molecule is COC(=O)[C@@]12CN(C(=O)CCn3cncn3)C[C@]1(C)CN(C(C(=O)NCc1ccc(OC)cc1)c1ccc(OC)nc1C)C2. The quantitative estimate of drug-likeness (QED) is 0.322. The van der Waals surface area contributed by atoms with Gasteiger partial charge in [-0.3, -0.25) is 24.0 Å². The van der Waals surface area contributed by atoms with Crippen molar-refractivity contribution in [1.29, 1.82) is 0 Å². The highest BCUT2D eigenvalue weighted by atomic mass is 16.5. The normalized spacial score (nSPS) is 21.9. The van der Waals surface area contributed by atoms with Gasteiger partial charge in [0.1, 0.15) is 29.9 Å². The zero-order chi connectivity index (χ0) is 31.5. The maximum atomic E-state index is 14.0. The lowest BCUT2D eigenvalue weighted by Gasteiger charge is -2.32. The molecule has 2 aliphatic rings. The number of aromatic nitrogens is 4. The minimum Gasteiger partial charge on any atom is -0.497 e. The van der Waals surface area contributed by atoms with E-state index < -0.39 is 22.8 Å². The Morgan fingerprint density at radius 1 is 1.00 bits per heavy atom. The summed E-state index contributed by atoms with van der Waals surface area (Å²) in [5.41, 5.74) is 0.590. The average molecular weight is 606 g/mol. The number of nitrogens with zero attached hydrogens (tertiary/aromatic N) is 6. The van der Waals surface area contributed by atoms with E-state index in [2.05, 4.69) is 20.4 Å². The molecule has 0 saturated carbocycles. The van der Waals surface area contributed by atoms with Gasteiger partial charge in [-0.25, -0.2) is 9.97 Å². The molecule has 0 spiro atoms. The molecule has 44 heavy (non-hydrogen) atoms. The number of likely N-dealkylation sites (tertiary alicyclic amines) is 2. The second-order valence-electron chi connectivity index (χ2n) is 11.7. The van der Waals surface area contributed by atoms with Crippen LogP contribution >= 0.6 is 0 Å². The molecule has 2 aliphatic heterocycles. The van der Waals surface area contributed by atoms with Crippen LogP contribution in [0.2, 0.25) is 0 Å². The molecule has 3 aromatic rings. The van der Waals surface area contributed by atoms with Gasteiger partial charge < -0.3 is 24.4 Å².